The summed E-state index contributed by atoms with van der Waals surface area (Å²) in [4.78, 5) is 0.511. The van der Waals surface area contributed by atoms with Crippen LogP contribution in [0.15, 0.2) is 41.8 Å². The smallest absolute Gasteiger partial charge is 0.182 e. The molecule has 1 aromatic carbocycles. The van der Waals surface area contributed by atoms with Gasteiger partial charge in [-0.15, -0.1) is 6.58 Å². The first-order valence-electron chi connectivity index (χ1n) is 6.58. The van der Waals surface area contributed by atoms with E-state index in [0.717, 1.165) is 18.4 Å². The van der Waals surface area contributed by atoms with E-state index in [4.69, 9.17) is 0 Å². The van der Waals surface area contributed by atoms with Gasteiger partial charge in [0.15, 0.2) is 9.84 Å². The second kappa shape index (κ2) is 5.70. The van der Waals surface area contributed by atoms with Crippen molar-refractivity contribution in [2.24, 2.45) is 0 Å². The fourth-order valence-corrected chi connectivity index (χ4v) is 4.13. The molecule has 1 aliphatic carbocycles. The zero-order valence-corrected chi connectivity index (χ0v) is 11.5. The minimum absolute atomic E-state index is 0.0245. The van der Waals surface area contributed by atoms with Crippen molar-refractivity contribution in [1.82, 2.24) is 0 Å². The standard InChI is InChI=1S/C15H20O2S/c1-2-12-18(16,17)15-11-7-6-10-14(15)13-8-4-3-5-9-13/h2,6-7,10-11,13H,1,3-5,8-9,12H2. The van der Waals surface area contributed by atoms with Crippen LogP contribution in [-0.2, 0) is 9.84 Å². The highest BCUT2D eigenvalue weighted by Gasteiger charge is 2.23. The second-order valence-electron chi connectivity index (χ2n) is 4.94. The average Bonchev–Trinajstić information content (AvgIpc) is 2.40. The van der Waals surface area contributed by atoms with Crippen LogP contribution in [-0.4, -0.2) is 14.2 Å². The summed E-state index contributed by atoms with van der Waals surface area (Å²) in [5.74, 6) is 0.436. The largest absolute Gasteiger partial charge is 0.223 e. The van der Waals surface area contributed by atoms with Crippen LogP contribution < -0.4 is 0 Å². The summed E-state index contributed by atoms with van der Waals surface area (Å²) in [5.41, 5.74) is 1.01. The quantitative estimate of drug-likeness (QED) is 0.777. The molecule has 0 aliphatic heterocycles. The van der Waals surface area contributed by atoms with E-state index in [1.807, 2.05) is 18.2 Å². The monoisotopic (exact) mass is 264 g/mol. The number of hydrogen-bond acceptors (Lipinski definition) is 2. The number of rotatable bonds is 4. The minimum atomic E-state index is -3.21. The van der Waals surface area contributed by atoms with Gasteiger partial charge in [0, 0.05) is 0 Å². The van der Waals surface area contributed by atoms with Crippen molar-refractivity contribution in [1.29, 1.82) is 0 Å². The van der Waals surface area contributed by atoms with Crippen molar-refractivity contribution in [3.63, 3.8) is 0 Å². The van der Waals surface area contributed by atoms with E-state index in [-0.39, 0.29) is 5.75 Å². The van der Waals surface area contributed by atoms with Gasteiger partial charge in [-0.05, 0) is 30.4 Å². The Morgan fingerprint density at radius 1 is 1.17 bits per heavy atom. The van der Waals surface area contributed by atoms with E-state index >= 15 is 0 Å². The molecule has 0 radical (unpaired) electrons. The third-order valence-electron chi connectivity index (χ3n) is 3.64. The summed E-state index contributed by atoms with van der Waals surface area (Å²) in [5, 5.41) is 0. The van der Waals surface area contributed by atoms with Gasteiger partial charge in [0.05, 0.1) is 10.6 Å². The first-order valence-corrected chi connectivity index (χ1v) is 8.23. The lowest BCUT2D eigenvalue weighted by Gasteiger charge is -2.24. The summed E-state index contributed by atoms with van der Waals surface area (Å²) >= 11 is 0. The minimum Gasteiger partial charge on any atom is -0.223 e. The predicted molar refractivity (Wildman–Crippen MR) is 74.5 cm³/mol. The molecule has 2 nitrogen and oxygen atoms in total. The van der Waals surface area contributed by atoms with E-state index in [1.165, 1.54) is 25.3 Å². The van der Waals surface area contributed by atoms with Gasteiger partial charge in [-0.25, -0.2) is 8.42 Å². The summed E-state index contributed by atoms with van der Waals surface area (Å²) in [6, 6.07) is 7.47. The second-order valence-corrected chi connectivity index (χ2v) is 6.95. The summed E-state index contributed by atoms with van der Waals surface area (Å²) in [6.07, 6.45) is 7.38. The lowest BCUT2D eigenvalue weighted by Crippen LogP contribution is -2.12. The first kappa shape index (κ1) is 13.3. The average molecular weight is 264 g/mol. The third kappa shape index (κ3) is 2.83. The van der Waals surface area contributed by atoms with E-state index in [2.05, 4.69) is 6.58 Å². The fraction of sp³-hybridized carbons (Fsp3) is 0.467. The Kier molecular flexibility index (Phi) is 4.23. The number of benzene rings is 1. The maximum atomic E-state index is 12.2. The zero-order valence-electron chi connectivity index (χ0n) is 10.6. The topological polar surface area (TPSA) is 34.1 Å². The Labute approximate surface area is 110 Å². The van der Waals surface area contributed by atoms with Crippen molar-refractivity contribution >= 4 is 9.84 Å². The van der Waals surface area contributed by atoms with Crippen LogP contribution in [0.1, 0.15) is 43.6 Å². The van der Waals surface area contributed by atoms with Crippen molar-refractivity contribution < 1.29 is 8.42 Å². The van der Waals surface area contributed by atoms with Crippen LogP contribution in [0.5, 0.6) is 0 Å². The third-order valence-corrected chi connectivity index (χ3v) is 5.35. The normalized spacial score (nSPS) is 17.6. The van der Waals surface area contributed by atoms with Crippen LogP contribution >= 0.6 is 0 Å². The predicted octanol–water partition coefficient (Wildman–Crippen LogP) is 3.69. The van der Waals surface area contributed by atoms with E-state index in [9.17, 15) is 8.42 Å². The Bertz CT molecular complexity index is 511. The van der Waals surface area contributed by atoms with E-state index in [0.29, 0.717) is 10.8 Å². The van der Waals surface area contributed by atoms with Crippen LogP contribution in [0, 0.1) is 0 Å². The van der Waals surface area contributed by atoms with Gasteiger partial charge >= 0.3 is 0 Å². The molecule has 0 bridgehead atoms. The molecule has 1 saturated carbocycles. The summed E-state index contributed by atoms with van der Waals surface area (Å²) in [6.45, 7) is 3.53. The lowest BCUT2D eigenvalue weighted by atomic mass is 9.84. The van der Waals surface area contributed by atoms with Crippen LogP contribution in [0.4, 0.5) is 0 Å². The fourth-order valence-electron chi connectivity index (χ4n) is 2.76. The molecular formula is C15H20O2S. The van der Waals surface area contributed by atoms with Gasteiger partial charge in [0.25, 0.3) is 0 Å². The Morgan fingerprint density at radius 3 is 2.50 bits per heavy atom. The van der Waals surface area contributed by atoms with Gasteiger partial charge < -0.3 is 0 Å². The molecule has 0 atom stereocenters. The van der Waals surface area contributed by atoms with Crippen LogP contribution in [0.3, 0.4) is 0 Å². The molecule has 98 valence electrons. The van der Waals surface area contributed by atoms with Gasteiger partial charge in [0.1, 0.15) is 0 Å². The van der Waals surface area contributed by atoms with Crippen molar-refractivity contribution in [3.8, 4) is 0 Å². The molecule has 0 saturated heterocycles. The van der Waals surface area contributed by atoms with Crippen LogP contribution in [0.25, 0.3) is 0 Å². The molecule has 18 heavy (non-hydrogen) atoms. The highest BCUT2D eigenvalue weighted by atomic mass is 32.2. The molecule has 2 rings (SSSR count). The molecule has 0 N–H and O–H groups in total. The van der Waals surface area contributed by atoms with Crippen molar-refractivity contribution in [3.05, 3.63) is 42.5 Å². The zero-order chi connectivity index (χ0) is 13.0. The Morgan fingerprint density at radius 2 is 1.83 bits per heavy atom. The van der Waals surface area contributed by atoms with Gasteiger partial charge in [-0.1, -0.05) is 43.5 Å². The van der Waals surface area contributed by atoms with Gasteiger partial charge in [-0.2, -0.15) is 0 Å². The molecule has 1 aromatic rings. The molecule has 1 aliphatic rings. The number of hydrogen-bond donors (Lipinski definition) is 0. The lowest BCUT2D eigenvalue weighted by molar-refractivity contribution is 0.438. The number of sulfone groups is 1. The van der Waals surface area contributed by atoms with Gasteiger partial charge in [-0.3, -0.25) is 0 Å². The molecular weight excluding hydrogens is 244 g/mol. The summed E-state index contributed by atoms with van der Waals surface area (Å²) in [7, 11) is -3.21. The van der Waals surface area contributed by atoms with E-state index < -0.39 is 9.84 Å². The highest BCUT2D eigenvalue weighted by molar-refractivity contribution is 7.91. The molecule has 0 unspecified atom stereocenters. The highest BCUT2D eigenvalue weighted by Crippen LogP contribution is 2.36. The Hall–Kier alpha value is -1.09. The van der Waals surface area contributed by atoms with Crippen molar-refractivity contribution in [2.45, 2.75) is 42.9 Å². The molecule has 3 heteroatoms. The van der Waals surface area contributed by atoms with Crippen molar-refractivity contribution in [2.75, 3.05) is 5.75 Å². The maximum absolute atomic E-state index is 12.2. The molecule has 0 amide bonds. The molecule has 0 spiro atoms. The molecule has 0 aromatic heterocycles. The maximum Gasteiger partial charge on any atom is 0.182 e. The van der Waals surface area contributed by atoms with Crippen LogP contribution in [0.2, 0.25) is 0 Å². The van der Waals surface area contributed by atoms with Gasteiger partial charge in [0.2, 0.25) is 0 Å². The first-order chi connectivity index (χ1) is 8.65. The molecule has 0 heterocycles. The SMILES string of the molecule is C=CCS(=O)(=O)c1ccccc1C1CCCCC1. The molecule has 1 fully saturated rings. The summed E-state index contributed by atoms with van der Waals surface area (Å²) < 4.78 is 24.4. The Balaban J connectivity index is 2.39. The van der Waals surface area contributed by atoms with E-state index in [1.54, 1.807) is 6.07 Å².